The van der Waals surface area contributed by atoms with E-state index in [2.05, 4.69) is 30.7 Å². The Labute approximate surface area is 105 Å². The quantitative estimate of drug-likeness (QED) is 0.676. The summed E-state index contributed by atoms with van der Waals surface area (Å²) in [6.45, 7) is 6.70. The van der Waals surface area contributed by atoms with Crippen LogP contribution >= 0.6 is 0 Å². The lowest BCUT2D eigenvalue weighted by Crippen LogP contribution is -2.19. The molecule has 1 heterocycles. The van der Waals surface area contributed by atoms with Crippen LogP contribution < -0.4 is 4.74 Å². The van der Waals surface area contributed by atoms with Crippen LogP contribution in [-0.2, 0) is 5.41 Å². The van der Waals surface area contributed by atoms with Gasteiger partial charge in [0.2, 0.25) is 5.88 Å². The summed E-state index contributed by atoms with van der Waals surface area (Å²) >= 11 is 0. The van der Waals surface area contributed by atoms with E-state index in [9.17, 15) is 0 Å². The van der Waals surface area contributed by atoms with Crippen molar-refractivity contribution in [1.82, 2.24) is 9.97 Å². The molecule has 0 aliphatic carbocycles. The summed E-state index contributed by atoms with van der Waals surface area (Å²) in [6, 6.07) is 0. The first-order chi connectivity index (χ1) is 8.10. The first-order valence-corrected chi connectivity index (χ1v) is 6.46. The van der Waals surface area contributed by atoms with Crippen LogP contribution in [-0.4, -0.2) is 17.1 Å². The van der Waals surface area contributed by atoms with Crippen LogP contribution in [0.5, 0.6) is 5.88 Å². The fourth-order valence-electron chi connectivity index (χ4n) is 1.89. The minimum Gasteiger partial charge on any atom is -0.480 e. The zero-order chi connectivity index (χ0) is 12.7. The van der Waals surface area contributed by atoms with Gasteiger partial charge in [0.25, 0.3) is 0 Å². The summed E-state index contributed by atoms with van der Waals surface area (Å²) in [7, 11) is 1.61. The zero-order valence-electron chi connectivity index (χ0n) is 11.5. The summed E-state index contributed by atoms with van der Waals surface area (Å²) in [5.41, 5.74) is 1.15. The normalized spacial score (nSPS) is 11.5. The molecule has 17 heavy (non-hydrogen) atoms. The lowest BCUT2D eigenvalue weighted by Gasteiger charge is -2.23. The number of hydrogen-bond acceptors (Lipinski definition) is 3. The van der Waals surface area contributed by atoms with Crippen LogP contribution in [0.25, 0.3) is 0 Å². The van der Waals surface area contributed by atoms with E-state index in [0.717, 1.165) is 12.1 Å². The Morgan fingerprint density at radius 1 is 1.12 bits per heavy atom. The largest absolute Gasteiger partial charge is 0.480 e. The SMILES string of the molecule is CCCCCCC(C)(C)c1cnc(OC)cn1. The van der Waals surface area contributed by atoms with Gasteiger partial charge in [0.15, 0.2) is 0 Å². The highest BCUT2D eigenvalue weighted by molar-refractivity contribution is 5.14. The van der Waals surface area contributed by atoms with Crippen molar-refractivity contribution < 1.29 is 4.74 Å². The Morgan fingerprint density at radius 3 is 2.41 bits per heavy atom. The molecule has 3 nitrogen and oxygen atoms in total. The molecule has 0 saturated heterocycles. The Balaban J connectivity index is 2.55. The molecule has 0 amide bonds. The molecule has 0 unspecified atom stereocenters. The van der Waals surface area contributed by atoms with E-state index < -0.39 is 0 Å². The predicted molar refractivity (Wildman–Crippen MR) is 70.4 cm³/mol. The van der Waals surface area contributed by atoms with Crippen molar-refractivity contribution in [3.8, 4) is 5.88 Å². The van der Waals surface area contributed by atoms with Gasteiger partial charge in [-0.3, -0.25) is 4.98 Å². The van der Waals surface area contributed by atoms with Crippen molar-refractivity contribution in [3.63, 3.8) is 0 Å². The number of ether oxygens (including phenoxy) is 1. The molecule has 0 aromatic carbocycles. The van der Waals surface area contributed by atoms with E-state index >= 15 is 0 Å². The van der Waals surface area contributed by atoms with Crippen molar-refractivity contribution in [2.45, 2.75) is 58.3 Å². The van der Waals surface area contributed by atoms with Crippen LogP contribution in [0.3, 0.4) is 0 Å². The van der Waals surface area contributed by atoms with Crippen LogP contribution in [0.4, 0.5) is 0 Å². The van der Waals surface area contributed by atoms with Gasteiger partial charge in [0, 0.05) is 5.41 Å². The number of nitrogens with zero attached hydrogens (tertiary/aromatic N) is 2. The fourth-order valence-corrected chi connectivity index (χ4v) is 1.89. The highest BCUT2D eigenvalue weighted by Gasteiger charge is 2.21. The second kappa shape index (κ2) is 6.58. The first-order valence-electron chi connectivity index (χ1n) is 6.46. The zero-order valence-corrected chi connectivity index (χ0v) is 11.5. The van der Waals surface area contributed by atoms with Crippen LogP contribution in [0.2, 0.25) is 0 Å². The van der Waals surface area contributed by atoms with E-state index in [1.165, 1.54) is 25.7 Å². The molecular formula is C14H24N2O. The van der Waals surface area contributed by atoms with Crippen LogP contribution in [0.1, 0.15) is 58.6 Å². The van der Waals surface area contributed by atoms with Gasteiger partial charge in [-0.2, -0.15) is 0 Å². The molecule has 0 atom stereocenters. The lowest BCUT2D eigenvalue weighted by molar-refractivity contribution is 0.389. The van der Waals surface area contributed by atoms with Gasteiger partial charge in [-0.25, -0.2) is 4.98 Å². The van der Waals surface area contributed by atoms with Crippen molar-refractivity contribution in [3.05, 3.63) is 18.1 Å². The second-order valence-corrected chi connectivity index (χ2v) is 5.14. The van der Waals surface area contributed by atoms with Gasteiger partial charge in [0.05, 0.1) is 25.2 Å². The third-order valence-corrected chi connectivity index (χ3v) is 3.19. The average molecular weight is 236 g/mol. The van der Waals surface area contributed by atoms with Gasteiger partial charge >= 0.3 is 0 Å². The number of rotatable bonds is 7. The molecule has 0 aliphatic rings. The number of aromatic nitrogens is 2. The van der Waals surface area contributed by atoms with Crippen molar-refractivity contribution in [1.29, 1.82) is 0 Å². The Morgan fingerprint density at radius 2 is 1.88 bits per heavy atom. The lowest BCUT2D eigenvalue weighted by atomic mass is 9.84. The monoisotopic (exact) mass is 236 g/mol. The second-order valence-electron chi connectivity index (χ2n) is 5.14. The molecule has 0 aliphatic heterocycles. The molecule has 0 radical (unpaired) electrons. The molecule has 1 aromatic heterocycles. The molecule has 0 saturated carbocycles. The van der Waals surface area contributed by atoms with Crippen molar-refractivity contribution in [2.24, 2.45) is 0 Å². The van der Waals surface area contributed by atoms with E-state index in [0.29, 0.717) is 5.88 Å². The van der Waals surface area contributed by atoms with E-state index in [1.54, 1.807) is 13.3 Å². The van der Waals surface area contributed by atoms with Gasteiger partial charge in [-0.05, 0) is 6.42 Å². The maximum atomic E-state index is 5.02. The van der Waals surface area contributed by atoms with E-state index in [-0.39, 0.29) is 5.41 Å². The third-order valence-electron chi connectivity index (χ3n) is 3.19. The van der Waals surface area contributed by atoms with E-state index in [4.69, 9.17) is 4.74 Å². The molecule has 0 bridgehead atoms. The summed E-state index contributed by atoms with van der Waals surface area (Å²) in [6.07, 6.45) is 9.86. The molecule has 96 valence electrons. The molecule has 1 aromatic rings. The minimum absolute atomic E-state index is 0.104. The standard InChI is InChI=1S/C14H24N2O/c1-5-6-7-8-9-14(2,3)12-10-16-13(17-4)11-15-12/h10-11H,5-9H2,1-4H3. The topological polar surface area (TPSA) is 35.0 Å². The smallest absolute Gasteiger partial charge is 0.231 e. The fraction of sp³-hybridized carbons (Fsp3) is 0.714. The molecule has 0 fully saturated rings. The third kappa shape index (κ3) is 4.33. The Bertz CT molecular complexity index is 319. The summed E-state index contributed by atoms with van der Waals surface area (Å²) in [5.74, 6) is 0.579. The highest BCUT2D eigenvalue weighted by Crippen LogP contribution is 2.27. The number of methoxy groups -OCH3 is 1. The Hall–Kier alpha value is -1.12. The molecule has 3 heteroatoms. The van der Waals surface area contributed by atoms with Gasteiger partial charge < -0.3 is 4.74 Å². The summed E-state index contributed by atoms with van der Waals surface area (Å²) in [5, 5.41) is 0. The van der Waals surface area contributed by atoms with Crippen molar-refractivity contribution in [2.75, 3.05) is 7.11 Å². The molecular weight excluding hydrogens is 212 g/mol. The number of hydrogen-bond donors (Lipinski definition) is 0. The van der Waals surface area contributed by atoms with Crippen LogP contribution in [0.15, 0.2) is 12.4 Å². The maximum absolute atomic E-state index is 5.02. The first kappa shape index (κ1) is 13.9. The van der Waals surface area contributed by atoms with Gasteiger partial charge in [-0.15, -0.1) is 0 Å². The molecule has 0 N–H and O–H groups in total. The molecule has 0 spiro atoms. The molecule has 1 rings (SSSR count). The van der Waals surface area contributed by atoms with Crippen molar-refractivity contribution >= 4 is 0 Å². The number of unbranched alkanes of at least 4 members (excludes halogenated alkanes) is 3. The summed E-state index contributed by atoms with van der Waals surface area (Å²) < 4.78 is 5.02. The van der Waals surface area contributed by atoms with E-state index in [1.807, 2.05) is 6.20 Å². The van der Waals surface area contributed by atoms with Crippen LogP contribution in [0, 0.1) is 0 Å². The minimum atomic E-state index is 0.104. The Kier molecular flexibility index (Phi) is 5.39. The van der Waals surface area contributed by atoms with Gasteiger partial charge in [0.1, 0.15) is 0 Å². The highest BCUT2D eigenvalue weighted by atomic mass is 16.5. The predicted octanol–water partition coefficient (Wildman–Crippen LogP) is 3.73. The maximum Gasteiger partial charge on any atom is 0.231 e. The van der Waals surface area contributed by atoms with Gasteiger partial charge in [-0.1, -0.05) is 46.5 Å². The average Bonchev–Trinajstić information content (AvgIpc) is 2.35. The summed E-state index contributed by atoms with van der Waals surface area (Å²) in [4.78, 5) is 8.66.